The fraction of sp³-hybridized carbons (Fsp3) is 0.600. The van der Waals surface area contributed by atoms with E-state index in [1.165, 1.54) is 12.8 Å². The van der Waals surface area contributed by atoms with Gasteiger partial charge in [0.2, 0.25) is 0 Å². The van der Waals surface area contributed by atoms with Gasteiger partial charge in [-0.15, -0.1) is 0 Å². The monoisotopic (exact) mass is 248 g/mol. The summed E-state index contributed by atoms with van der Waals surface area (Å²) in [6.07, 6.45) is 2.03. The Morgan fingerprint density at radius 1 is 1.39 bits per heavy atom. The van der Waals surface area contributed by atoms with Crippen molar-refractivity contribution < 1.29 is 5.11 Å². The van der Waals surface area contributed by atoms with Crippen molar-refractivity contribution in [2.75, 3.05) is 18.8 Å². The number of rotatable bonds is 3. The summed E-state index contributed by atoms with van der Waals surface area (Å²) in [4.78, 5) is 2.38. The Hall–Kier alpha value is -1.06. The maximum atomic E-state index is 10.3. The molecule has 3 unspecified atom stereocenters. The standard InChI is InChI=1S/C15H24N2O/c1-11-6-5-9-17(12(11)2)10-15(18)13-7-3-4-8-14(13)16/h3-4,7-8,11-12,15,18H,5-6,9-10,16H2,1-2H3. The van der Waals surface area contributed by atoms with Gasteiger partial charge in [-0.1, -0.05) is 25.1 Å². The fourth-order valence-electron chi connectivity index (χ4n) is 2.81. The van der Waals surface area contributed by atoms with Gasteiger partial charge in [0.05, 0.1) is 6.10 Å². The van der Waals surface area contributed by atoms with Crippen LogP contribution in [0.3, 0.4) is 0 Å². The van der Waals surface area contributed by atoms with Gasteiger partial charge in [-0.05, 0) is 38.3 Å². The third kappa shape index (κ3) is 2.85. The number of benzene rings is 1. The van der Waals surface area contributed by atoms with Crippen molar-refractivity contribution in [3.05, 3.63) is 29.8 Å². The van der Waals surface area contributed by atoms with Gasteiger partial charge < -0.3 is 10.8 Å². The summed E-state index contributed by atoms with van der Waals surface area (Å²) < 4.78 is 0. The van der Waals surface area contributed by atoms with Crippen molar-refractivity contribution in [3.8, 4) is 0 Å². The Morgan fingerprint density at radius 3 is 2.83 bits per heavy atom. The Balaban J connectivity index is 2.03. The lowest BCUT2D eigenvalue weighted by Gasteiger charge is -2.39. The number of anilines is 1. The molecule has 3 heteroatoms. The normalized spacial score (nSPS) is 27.1. The first-order chi connectivity index (χ1) is 8.59. The number of hydrogen-bond acceptors (Lipinski definition) is 3. The number of aliphatic hydroxyl groups is 1. The third-order valence-electron chi connectivity index (χ3n) is 4.27. The van der Waals surface area contributed by atoms with Gasteiger partial charge in [0.1, 0.15) is 0 Å². The minimum atomic E-state index is -0.487. The van der Waals surface area contributed by atoms with Crippen LogP contribution >= 0.6 is 0 Å². The van der Waals surface area contributed by atoms with Crippen molar-refractivity contribution in [1.82, 2.24) is 4.90 Å². The highest BCUT2D eigenvalue weighted by Gasteiger charge is 2.26. The number of para-hydroxylation sites is 1. The number of nitrogens with zero attached hydrogens (tertiary/aromatic N) is 1. The van der Waals surface area contributed by atoms with Crippen LogP contribution in [0.1, 0.15) is 38.4 Å². The molecule has 1 fully saturated rings. The highest BCUT2D eigenvalue weighted by atomic mass is 16.3. The molecule has 0 aliphatic carbocycles. The lowest BCUT2D eigenvalue weighted by Crippen LogP contribution is -2.44. The summed E-state index contributed by atoms with van der Waals surface area (Å²) in [7, 11) is 0. The second kappa shape index (κ2) is 5.72. The van der Waals surface area contributed by atoms with E-state index >= 15 is 0 Å². The van der Waals surface area contributed by atoms with Gasteiger partial charge in [-0.3, -0.25) is 4.90 Å². The highest BCUT2D eigenvalue weighted by molar-refractivity contribution is 5.47. The molecule has 3 atom stereocenters. The topological polar surface area (TPSA) is 49.5 Å². The molecule has 0 saturated carbocycles. The van der Waals surface area contributed by atoms with Crippen molar-refractivity contribution in [2.24, 2.45) is 5.92 Å². The molecule has 1 aliphatic rings. The second-order valence-electron chi connectivity index (χ2n) is 5.50. The van der Waals surface area contributed by atoms with E-state index in [0.717, 1.165) is 12.1 Å². The molecule has 1 aromatic rings. The zero-order chi connectivity index (χ0) is 13.1. The molecule has 0 bridgehead atoms. The third-order valence-corrected chi connectivity index (χ3v) is 4.27. The summed E-state index contributed by atoms with van der Waals surface area (Å²) in [5.74, 6) is 0.707. The number of hydrogen-bond donors (Lipinski definition) is 2. The van der Waals surface area contributed by atoms with Crippen LogP contribution in [0.25, 0.3) is 0 Å². The smallest absolute Gasteiger partial charge is 0.0936 e. The molecule has 2 rings (SSSR count). The van der Waals surface area contributed by atoms with Gasteiger partial charge in [-0.25, -0.2) is 0 Å². The van der Waals surface area contributed by atoms with Crippen LogP contribution in [-0.2, 0) is 0 Å². The van der Waals surface area contributed by atoms with Crippen LogP contribution in [0.5, 0.6) is 0 Å². The molecule has 1 aliphatic heterocycles. The molecule has 18 heavy (non-hydrogen) atoms. The number of nitrogens with two attached hydrogens (primary N) is 1. The van der Waals surface area contributed by atoms with E-state index in [0.29, 0.717) is 24.2 Å². The number of likely N-dealkylation sites (tertiary alicyclic amines) is 1. The zero-order valence-corrected chi connectivity index (χ0v) is 11.3. The number of nitrogen functional groups attached to an aromatic ring is 1. The van der Waals surface area contributed by atoms with Crippen molar-refractivity contribution in [3.63, 3.8) is 0 Å². The second-order valence-corrected chi connectivity index (χ2v) is 5.50. The van der Waals surface area contributed by atoms with E-state index in [9.17, 15) is 5.11 Å². The van der Waals surface area contributed by atoms with Gasteiger partial charge >= 0.3 is 0 Å². The molecule has 0 aromatic heterocycles. The predicted octanol–water partition coefficient (Wildman–Crippen LogP) is 2.42. The first-order valence-corrected chi connectivity index (χ1v) is 6.86. The summed E-state index contributed by atoms with van der Waals surface area (Å²) in [6, 6.07) is 8.13. The van der Waals surface area contributed by atoms with Crippen LogP contribution in [-0.4, -0.2) is 29.1 Å². The summed E-state index contributed by atoms with van der Waals surface area (Å²) in [5.41, 5.74) is 7.44. The predicted molar refractivity (Wildman–Crippen MR) is 75.2 cm³/mol. The highest BCUT2D eigenvalue weighted by Crippen LogP contribution is 2.27. The first-order valence-electron chi connectivity index (χ1n) is 6.86. The van der Waals surface area contributed by atoms with Gasteiger partial charge in [0.25, 0.3) is 0 Å². The SMILES string of the molecule is CC1CCCN(CC(O)c2ccccc2N)C1C. The summed E-state index contributed by atoms with van der Waals surface area (Å²) >= 11 is 0. The van der Waals surface area contributed by atoms with Crippen LogP contribution in [0.15, 0.2) is 24.3 Å². The Bertz CT molecular complexity index is 394. The van der Waals surface area contributed by atoms with Gasteiger partial charge in [-0.2, -0.15) is 0 Å². The van der Waals surface area contributed by atoms with E-state index in [-0.39, 0.29) is 0 Å². The minimum Gasteiger partial charge on any atom is -0.398 e. The van der Waals surface area contributed by atoms with Crippen molar-refractivity contribution >= 4 is 5.69 Å². The first kappa shape index (κ1) is 13.4. The van der Waals surface area contributed by atoms with Crippen LogP contribution in [0.4, 0.5) is 5.69 Å². The molecule has 3 N–H and O–H groups in total. The number of β-amino-alcohol motifs (C(OH)–C–C–N with tert-alkyl or cyclic N) is 1. The van der Waals surface area contributed by atoms with Crippen LogP contribution in [0.2, 0.25) is 0 Å². The van der Waals surface area contributed by atoms with Crippen molar-refractivity contribution in [2.45, 2.75) is 38.8 Å². The van der Waals surface area contributed by atoms with Crippen molar-refractivity contribution in [1.29, 1.82) is 0 Å². The fourth-order valence-corrected chi connectivity index (χ4v) is 2.81. The maximum absolute atomic E-state index is 10.3. The Kier molecular flexibility index (Phi) is 4.25. The van der Waals surface area contributed by atoms with E-state index in [2.05, 4.69) is 18.7 Å². The summed E-state index contributed by atoms with van der Waals surface area (Å²) in [5, 5.41) is 10.3. The Morgan fingerprint density at radius 2 is 2.11 bits per heavy atom. The molecule has 0 spiro atoms. The molecule has 0 radical (unpaired) electrons. The number of piperidine rings is 1. The summed E-state index contributed by atoms with van der Waals surface area (Å²) in [6.45, 7) is 6.31. The molecule has 1 saturated heterocycles. The molecule has 3 nitrogen and oxygen atoms in total. The largest absolute Gasteiger partial charge is 0.398 e. The quantitative estimate of drug-likeness (QED) is 0.808. The lowest BCUT2D eigenvalue weighted by atomic mass is 9.91. The van der Waals surface area contributed by atoms with Gasteiger partial charge in [0, 0.05) is 23.8 Å². The molecular formula is C15H24N2O. The Labute approximate surface area is 110 Å². The average molecular weight is 248 g/mol. The molecule has 1 heterocycles. The van der Waals surface area contributed by atoms with Crippen LogP contribution in [0, 0.1) is 5.92 Å². The minimum absolute atomic E-state index is 0.487. The number of aliphatic hydroxyl groups excluding tert-OH is 1. The molecule has 0 amide bonds. The van der Waals surface area contributed by atoms with Crippen LogP contribution < -0.4 is 5.73 Å². The lowest BCUT2D eigenvalue weighted by molar-refractivity contribution is 0.0516. The molecular weight excluding hydrogens is 224 g/mol. The molecule has 1 aromatic carbocycles. The maximum Gasteiger partial charge on any atom is 0.0936 e. The van der Waals surface area contributed by atoms with E-state index in [1.807, 2.05) is 24.3 Å². The van der Waals surface area contributed by atoms with E-state index in [1.54, 1.807) is 0 Å². The molecule has 100 valence electrons. The van der Waals surface area contributed by atoms with Gasteiger partial charge in [0.15, 0.2) is 0 Å². The average Bonchev–Trinajstić information content (AvgIpc) is 2.35. The van der Waals surface area contributed by atoms with E-state index < -0.39 is 6.10 Å². The zero-order valence-electron chi connectivity index (χ0n) is 11.3. The van der Waals surface area contributed by atoms with E-state index in [4.69, 9.17) is 5.73 Å².